The molecule has 8 N–H and O–H groups in total. The number of hydrogen-bond donors (Lipinski definition) is 6. The van der Waals surface area contributed by atoms with Crippen molar-refractivity contribution >= 4 is 29.6 Å². The van der Waals surface area contributed by atoms with Gasteiger partial charge >= 0.3 is 5.97 Å². The maximum Gasteiger partial charge on any atom is 0.322 e. The number of aliphatic carboxylic acids is 1. The lowest BCUT2D eigenvalue weighted by Gasteiger charge is -2.18. The molecule has 0 saturated heterocycles. The van der Waals surface area contributed by atoms with Crippen LogP contribution in [0.15, 0.2) is 0 Å². The lowest BCUT2D eigenvalue weighted by atomic mass is 10.1. The van der Waals surface area contributed by atoms with Gasteiger partial charge in [-0.25, -0.2) is 0 Å². The van der Waals surface area contributed by atoms with E-state index in [1.165, 1.54) is 0 Å². The lowest BCUT2D eigenvalue weighted by molar-refractivity contribution is -0.138. The van der Waals surface area contributed by atoms with Crippen LogP contribution in [0.4, 0.5) is 0 Å². The standard InChI is InChI=1S/C13H23N5O6/c1-6(2)11(15)13(24)16-4-9(20)18-7(3-8(14)19)12(23)17-5-10(21)22/h6-7,11H,3-5,15H2,1-2H3,(H2,14,19)(H,16,24)(H,17,23)(H,18,20)(H,21,22). The summed E-state index contributed by atoms with van der Waals surface area (Å²) >= 11 is 0. The third-order valence-electron chi connectivity index (χ3n) is 2.92. The van der Waals surface area contributed by atoms with Gasteiger partial charge in [0.15, 0.2) is 0 Å². The second kappa shape index (κ2) is 10.2. The summed E-state index contributed by atoms with van der Waals surface area (Å²) < 4.78 is 0. The molecule has 0 aliphatic carbocycles. The Morgan fingerprint density at radius 3 is 2.00 bits per heavy atom. The van der Waals surface area contributed by atoms with Gasteiger partial charge in [0.05, 0.1) is 19.0 Å². The van der Waals surface area contributed by atoms with E-state index in [-0.39, 0.29) is 5.92 Å². The largest absolute Gasteiger partial charge is 0.480 e. The normalized spacial score (nSPS) is 12.8. The molecule has 0 saturated carbocycles. The second-order valence-electron chi connectivity index (χ2n) is 5.39. The predicted molar refractivity (Wildman–Crippen MR) is 82.2 cm³/mol. The highest BCUT2D eigenvalue weighted by molar-refractivity contribution is 5.94. The van der Waals surface area contributed by atoms with E-state index in [0.717, 1.165) is 0 Å². The van der Waals surface area contributed by atoms with Crippen LogP contribution in [0.3, 0.4) is 0 Å². The van der Waals surface area contributed by atoms with Crippen LogP contribution in [0.25, 0.3) is 0 Å². The van der Waals surface area contributed by atoms with Crippen molar-refractivity contribution in [2.45, 2.75) is 32.4 Å². The zero-order valence-corrected chi connectivity index (χ0v) is 13.5. The van der Waals surface area contributed by atoms with Crippen molar-refractivity contribution in [3.8, 4) is 0 Å². The van der Waals surface area contributed by atoms with E-state index in [2.05, 4.69) is 10.6 Å². The van der Waals surface area contributed by atoms with Crippen LogP contribution >= 0.6 is 0 Å². The molecule has 0 aromatic heterocycles. The number of amides is 4. The molecule has 11 nitrogen and oxygen atoms in total. The van der Waals surface area contributed by atoms with Gasteiger partial charge in [-0.15, -0.1) is 0 Å². The van der Waals surface area contributed by atoms with Crippen LogP contribution in [0.1, 0.15) is 20.3 Å². The van der Waals surface area contributed by atoms with Gasteiger partial charge in [0.25, 0.3) is 0 Å². The first-order valence-corrected chi connectivity index (χ1v) is 7.15. The molecule has 0 aromatic rings. The van der Waals surface area contributed by atoms with Crippen molar-refractivity contribution in [1.82, 2.24) is 16.0 Å². The van der Waals surface area contributed by atoms with E-state index in [1.807, 2.05) is 5.32 Å². The Morgan fingerprint density at radius 2 is 1.54 bits per heavy atom. The van der Waals surface area contributed by atoms with Crippen LogP contribution < -0.4 is 27.4 Å². The molecule has 0 spiro atoms. The zero-order valence-electron chi connectivity index (χ0n) is 13.5. The molecule has 2 atom stereocenters. The Morgan fingerprint density at radius 1 is 1.00 bits per heavy atom. The molecule has 24 heavy (non-hydrogen) atoms. The minimum atomic E-state index is -1.34. The third kappa shape index (κ3) is 8.68. The smallest absolute Gasteiger partial charge is 0.322 e. The molecule has 2 unspecified atom stereocenters. The highest BCUT2D eigenvalue weighted by Gasteiger charge is 2.24. The van der Waals surface area contributed by atoms with Gasteiger partial charge in [0.1, 0.15) is 12.6 Å². The minimum absolute atomic E-state index is 0.127. The van der Waals surface area contributed by atoms with E-state index in [4.69, 9.17) is 16.6 Å². The van der Waals surface area contributed by atoms with E-state index < -0.39 is 61.2 Å². The molecule has 0 aromatic carbocycles. The number of carbonyl (C=O) groups excluding carboxylic acids is 4. The molecule has 0 bridgehead atoms. The van der Waals surface area contributed by atoms with E-state index in [9.17, 15) is 24.0 Å². The van der Waals surface area contributed by atoms with Gasteiger partial charge in [0, 0.05) is 0 Å². The third-order valence-corrected chi connectivity index (χ3v) is 2.92. The number of nitrogens with one attached hydrogen (secondary N) is 3. The number of rotatable bonds is 10. The van der Waals surface area contributed by atoms with Crippen molar-refractivity contribution in [3.63, 3.8) is 0 Å². The Balaban J connectivity index is 4.59. The lowest BCUT2D eigenvalue weighted by Crippen LogP contribution is -2.53. The zero-order chi connectivity index (χ0) is 18.9. The molecule has 0 aliphatic heterocycles. The van der Waals surface area contributed by atoms with Crippen molar-refractivity contribution in [3.05, 3.63) is 0 Å². The molecule has 0 rings (SSSR count). The molecular formula is C13H23N5O6. The summed E-state index contributed by atoms with van der Waals surface area (Å²) in [5, 5.41) is 15.0. The fraction of sp³-hybridized carbons (Fsp3) is 0.615. The summed E-state index contributed by atoms with van der Waals surface area (Å²) in [6, 6.07) is -2.14. The SMILES string of the molecule is CC(C)C(N)C(=O)NCC(=O)NC(CC(N)=O)C(=O)NCC(=O)O. The molecule has 136 valence electrons. The number of carboxylic acids is 1. The average Bonchev–Trinajstić information content (AvgIpc) is 2.48. The highest BCUT2D eigenvalue weighted by atomic mass is 16.4. The Labute approximate surface area is 138 Å². The maximum absolute atomic E-state index is 11.8. The van der Waals surface area contributed by atoms with E-state index >= 15 is 0 Å². The Bertz CT molecular complexity index is 507. The van der Waals surface area contributed by atoms with Gasteiger partial charge in [-0.2, -0.15) is 0 Å². The number of carboxylic acid groups (broad SMARTS) is 1. The summed E-state index contributed by atoms with van der Waals surface area (Å²) in [5.74, 6) is -4.45. The summed E-state index contributed by atoms with van der Waals surface area (Å²) in [5.41, 5.74) is 10.6. The first-order chi connectivity index (χ1) is 11.0. The first-order valence-electron chi connectivity index (χ1n) is 7.15. The molecular weight excluding hydrogens is 322 g/mol. The number of carbonyl (C=O) groups is 5. The number of nitrogens with two attached hydrogens (primary N) is 2. The van der Waals surface area contributed by atoms with Gasteiger partial charge in [-0.3, -0.25) is 24.0 Å². The summed E-state index contributed by atoms with van der Waals surface area (Å²) in [6.45, 7) is 2.34. The maximum atomic E-state index is 11.8. The van der Waals surface area contributed by atoms with Crippen LogP contribution in [0.2, 0.25) is 0 Å². The molecule has 4 amide bonds. The molecule has 0 heterocycles. The van der Waals surface area contributed by atoms with Crippen LogP contribution in [-0.2, 0) is 24.0 Å². The summed E-state index contributed by atoms with van der Waals surface area (Å²) in [6.07, 6.45) is -0.517. The molecule has 0 radical (unpaired) electrons. The molecule has 11 heteroatoms. The summed E-state index contributed by atoms with van der Waals surface area (Å²) in [4.78, 5) is 56.5. The van der Waals surface area contributed by atoms with Crippen molar-refractivity contribution < 1.29 is 29.1 Å². The fourth-order valence-electron chi connectivity index (χ4n) is 1.53. The number of hydrogen-bond acceptors (Lipinski definition) is 6. The average molecular weight is 345 g/mol. The van der Waals surface area contributed by atoms with Crippen molar-refractivity contribution in [2.75, 3.05) is 13.1 Å². The quantitative estimate of drug-likeness (QED) is 0.238. The highest BCUT2D eigenvalue weighted by Crippen LogP contribution is 1.97. The summed E-state index contributed by atoms with van der Waals surface area (Å²) in [7, 11) is 0. The van der Waals surface area contributed by atoms with Crippen LogP contribution in [0, 0.1) is 5.92 Å². The Hall–Kier alpha value is -2.69. The number of primary amides is 1. The van der Waals surface area contributed by atoms with Gasteiger partial charge in [0.2, 0.25) is 23.6 Å². The monoisotopic (exact) mass is 345 g/mol. The fourth-order valence-corrected chi connectivity index (χ4v) is 1.53. The minimum Gasteiger partial charge on any atom is -0.480 e. The topological polar surface area (TPSA) is 194 Å². The molecule has 0 aliphatic rings. The second-order valence-corrected chi connectivity index (χ2v) is 5.39. The van der Waals surface area contributed by atoms with Crippen LogP contribution in [0.5, 0.6) is 0 Å². The van der Waals surface area contributed by atoms with Crippen molar-refractivity contribution in [2.24, 2.45) is 17.4 Å². The Kier molecular flexibility index (Phi) is 9.02. The van der Waals surface area contributed by atoms with E-state index in [0.29, 0.717) is 0 Å². The van der Waals surface area contributed by atoms with Gasteiger partial charge < -0.3 is 32.5 Å². The van der Waals surface area contributed by atoms with Crippen molar-refractivity contribution in [1.29, 1.82) is 0 Å². The first kappa shape index (κ1) is 21.3. The van der Waals surface area contributed by atoms with Gasteiger partial charge in [-0.1, -0.05) is 13.8 Å². The van der Waals surface area contributed by atoms with Crippen LogP contribution in [-0.4, -0.2) is 59.9 Å². The van der Waals surface area contributed by atoms with Gasteiger partial charge in [-0.05, 0) is 5.92 Å². The predicted octanol–water partition coefficient (Wildman–Crippen LogP) is -3.35. The molecule has 0 fully saturated rings. The van der Waals surface area contributed by atoms with E-state index in [1.54, 1.807) is 13.8 Å².